The summed E-state index contributed by atoms with van der Waals surface area (Å²) < 4.78 is 13.3. The van der Waals surface area contributed by atoms with Crippen molar-refractivity contribution in [3.05, 3.63) is 90.6 Å². The molecule has 0 saturated carbocycles. The van der Waals surface area contributed by atoms with Crippen molar-refractivity contribution in [2.45, 2.75) is 44.6 Å². The summed E-state index contributed by atoms with van der Waals surface area (Å²) in [4.78, 5) is 33.0. The number of nitrogens with zero attached hydrogens (tertiary/aromatic N) is 2. The minimum Gasteiger partial charge on any atom is -0.494 e. The van der Waals surface area contributed by atoms with Gasteiger partial charge >= 0.3 is 5.97 Å². The van der Waals surface area contributed by atoms with E-state index in [1.165, 1.54) is 11.3 Å². The van der Waals surface area contributed by atoms with E-state index in [9.17, 15) is 9.59 Å². The van der Waals surface area contributed by atoms with Crippen LogP contribution < -0.4 is 19.6 Å². The number of unbranched alkanes of at least 4 members (excludes halogenated alkanes) is 1. The summed E-state index contributed by atoms with van der Waals surface area (Å²) >= 11 is 2.96. The topological polar surface area (TPSA) is 69.9 Å². The molecule has 6 nitrogen and oxygen atoms in total. The van der Waals surface area contributed by atoms with Gasteiger partial charge in [-0.05, 0) is 68.0 Å². The van der Waals surface area contributed by atoms with Crippen LogP contribution in [-0.2, 0) is 9.53 Å². The summed E-state index contributed by atoms with van der Waals surface area (Å²) in [6.45, 7) is 6.63. The lowest BCUT2D eigenvalue weighted by molar-refractivity contribution is -0.139. The van der Waals surface area contributed by atoms with Crippen LogP contribution in [0.4, 0.5) is 0 Å². The summed E-state index contributed by atoms with van der Waals surface area (Å²) in [6, 6.07) is 15.0. The lowest BCUT2D eigenvalue weighted by atomic mass is 9.96. The molecule has 1 atom stereocenters. The lowest BCUT2D eigenvalue weighted by Crippen LogP contribution is -2.39. The summed E-state index contributed by atoms with van der Waals surface area (Å²) in [7, 11) is 0. The number of aromatic nitrogens is 1. The van der Waals surface area contributed by atoms with Gasteiger partial charge in [-0.15, -0.1) is 11.8 Å². The summed E-state index contributed by atoms with van der Waals surface area (Å²) in [5.41, 5.74) is 2.50. The highest BCUT2D eigenvalue weighted by molar-refractivity contribution is 7.98. The van der Waals surface area contributed by atoms with Gasteiger partial charge in [0.15, 0.2) is 4.80 Å². The number of rotatable bonds is 9. The summed E-state index contributed by atoms with van der Waals surface area (Å²) in [5, 5.41) is 0. The zero-order valence-corrected chi connectivity index (χ0v) is 22.6. The first-order valence-electron chi connectivity index (χ1n) is 12.0. The summed E-state index contributed by atoms with van der Waals surface area (Å²) in [6.07, 6.45) is 5.96. The van der Waals surface area contributed by atoms with Crippen LogP contribution in [0.1, 0.15) is 50.8 Å². The SMILES string of the molecule is CCCCOc1ccc(C=c2sc3n(c2=O)C(c2ccc(SC)cc2)C(C(=O)OCC)=C(C)N=3)cc1. The molecule has 2 heterocycles. The first-order valence-corrected chi connectivity index (χ1v) is 14.1. The Morgan fingerprint density at radius 1 is 1.14 bits per heavy atom. The number of fused-ring (bicyclic) bond motifs is 1. The van der Waals surface area contributed by atoms with Crippen molar-refractivity contribution >= 4 is 35.1 Å². The number of thiazole rings is 1. The van der Waals surface area contributed by atoms with E-state index in [0.29, 0.717) is 27.2 Å². The molecule has 188 valence electrons. The second-order valence-corrected chi connectivity index (χ2v) is 10.2. The molecule has 1 aliphatic heterocycles. The van der Waals surface area contributed by atoms with E-state index in [4.69, 9.17) is 9.47 Å². The largest absolute Gasteiger partial charge is 0.494 e. The third kappa shape index (κ3) is 5.50. The number of esters is 1. The molecule has 1 unspecified atom stereocenters. The lowest BCUT2D eigenvalue weighted by Gasteiger charge is -2.24. The minimum absolute atomic E-state index is 0.185. The highest BCUT2D eigenvalue weighted by Gasteiger charge is 2.33. The Bertz CT molecular complexity index is 1430. The molecule has 36 heavy (non-hydrogen) atoms. The molecule has 0 amide bonds. The van der Waals surface area contributed by atoms with Crippen LogP contribution >= 0.6 is 23.1 Å². The van der Waals surface area contributed by atoms with Crippen LogP contribution in [0.25, 0.3) is 6.08 Å². The molecule has 0 N–H and O–H groups in total. The van der Waals surface area contributed by atoms with Crippen molar-refractivity contribution < 1.29 is 14.3 Å². The van der Waals surface area contributed by atoms with Gasteiger partial charge in [0.05, 0.1) is 35.1 Å². The minimum atomic E-state index is -0.604. The Hall–Kier alpha value is -3.10. The number of hydrogen-bond acceptors (Lipinski definition) is 7. The zero-order valence-electron chi connectivity index (χ0n) is 20.9. The van der Waals surface area contributed by atoms with Crippen molar-refractivity contribution in [1.82, 2.24) is 4.57 Å². The highest BCUT2D eigenvalue weighted by Crippen LogP contribution is 2.31. The Morgan fingerprint density at radius 2 is 1.86 bits per heavy atom. The number of hydrogen-bond donors (Lipinski definition) is 0. The Labute approximate surface area is 219 Å². The van der Waals surface area contributed by atoms with Crippen LogP contribution in [0, 0.1) is 0 Å². The number of allylic oxidation sites excluding steroid dienone is 1. The Morgan fingerprint density at radius 3 is 2.50 bits per heavy atom. The van der Waals surface area contributed by atoms with Gasteiger partial charge in [-0.1, -0.05) is 48.9 Å². The van der Waals surface area contributed by atoms with Gasteiger partial charge in [-0.25, -0.2) is 9.79 Å². The number of thioether (sulfide) groups is 1. The molecule has 0 bridgehead atoms. The summed E-state index contributed by atoms with van der Waals surface area (Å²) in [5.74, 6) is 0.357. The van der Waals surface area contributed by atoms with Gasteiger partial charge in [0.25, 0.3) is 5.56 Å². The Kier molecular flexibility index (Phi) is 8.48. The average molecular weight is 523 g/mol. The molecule has 0 fully saturated rings. The molecule has 0 saturated heterocycles. The zero-order chi connectivity index (χ0) is 25.7. The van der Waals surface area contributed by atoms with Crippen LogP contribution in [0.2, 0.25) is 0 Å². The van der Waals surface area contributed by atoms with E-state index in [-0.39, 0.29) is 12.2 Å². The molecule has 2 aromatic carbocycles. The third-order valence-electron chi connectivity index (χ3n) is 5.89. The second kappa shape index (κ2) is 11.8. The fraction of sp³-hybridized carbons (Fsp3) is 0.321. The van der Waals surface area contributed by atoms with E-state index in [1.807, 2.05) is 60.9 Å². The van der Waals surface area contributed by atoms with E-state index in [2.05, 4.69) is 11.9 Å². The van der Waals surface area contributed by atoms with Crippen LogP contribution in [-0.4, -0.2) is 30.0 Å². The molecule has 3 aromatic rings. The normalized spacial score (nSPS) is 15.4. The van der Waals surface area contributed by atoms with Gasteiger partial charge < -0.3 is 9.47 Å². The molecule has 4 rings (SSSR count). The van der Waals surface area contributed by atoms with Gasteiger partial charge in [-0.3, -0.25) is 9.36 Å². The van der Waals surface area contributed by atoms with Crippen LogP contribution in [0.3, 0.4) is 0 Å². The first-order chi connectivity index (χ1) is 17.5. The number of carbonyl (C=O) groups excluding carboxylic acids is 1. The van der Waals surface area contributed by atoms with Gasteiger partial charge in [0, 0.05) is 4.90 Å². The highest BCUT2D eigenvalue weighted by atomic mass is 32.2. The molecule has 1 aromatic heterocycles. The van der Waals surface area contributed by atoms with Crippen LogP contribution in [0.5, 0.6) is 5.75 Å². The van der Waals surface area contributed by atoms with Gasteiger partial charge in [-0.2, -0.15) is 0 Å². The molecule has 8 heteroatoms. The molecular formula is C28H30N2O4S2. The molecule has 0 spiro atoms. The van der Waals surface area contributed by atoms with Crippen molar-refractivity contribution in [2.75, 3.05) is 19.5 Å². The quantitative estimate of drug-likeness (QED) is 0.232. The van der Waals surface area contributed by atoms with E-state index >= 15 is 0 Å². The predicted molar refractivity (Wildman–Crippen MR) is 145 cm³/mol. The maximum Gasteiger partial charge on any atom is 0.338 e. The van der Waals surface area contributed by atoms with Gasteiger partial charge in [0.2, 0.25) is 0 Å². The second-order valence-electron chi connectivity index (χ2n) is 8.35. The smallest absolute Gasteiger partial charge is 0.338 e. The molecule has 0 radical (unpaired) electrons. The average Bonchev–Trinajstić information content (AvgIpc) is 3.18. The first kappa shape index (κ1) is 26.0. The van der Waals surface area contributed by atoms with E-state index in [1.54, 1.807) is 30.2 Å². The van der Waals surface area contributed by atoms with Crippen LogP contribution in [0.15, 0.2) is 74.5 Å². The van der Waals surface area contributed by atoms with E-state index < -0.39 is 12.0 Å². The molecule has 1 aliphatic rings. The van der Waals surface area contributed by atoms with Crippen molar-refractivity contribution in [3.8, 4) is 5.75 Å². The van der Waals surface area contributed by atoms with Crippen molar-refractivity contribution in [2.24, 2.45) is 4.99 Å². The maximum absolute atomic E-state index is 13.7. The standard InChI is InChI=1S/C28H30N2O4S2/c1-5-7-16-34-21-12-8-19(9-13-21)17-23-26(31)30-25(20-10-14-22(35-4)15-11-20)24(27(32)33-6-2)18(3)29-28(30)36-23/h8-15,17,25H,5-7,16H2,1-4H3. The molecule has 0 aliphatic carbocycles. The van der Waals surface area contributed by atoms with Gasteiger partial charge in [0.1, 0.15) is 5.75 Å². The number of ether oxygens (including phenoxy) is 2. The predicted octanol–water partition coefficient (Wildman–Crippen LogP) is 4.70. The molecular weight excluding hydrogens is 492 g/mol. The maximum atomic E-state index is 13.7. The number of benzene rings is 2. The van der Waals surface area contributed by atoms with Crippen molar-refractivity contribution in [1.29, 1.82) is 0 Å². The fourth-order valence-corrected chi connectivity index (χ4v) is 5.49. The number of carbonyl (C=O) groups is 1. The monoisotopic (exact) mass is 522 g/mol. The Balaban J connectivity index is 1.79. The third-order valence-corrected chi connectivity index (χ3v) is 7.62. The van der Waals surface area contributed by atoms with Crippen molar-refractivity contribution in [3.63, 3.8) is 0 Å². The van der Waals surface area contributed by atoms with E-state index in [0.717, 1.165) is 34.6 Å². The fourth-order valence-electron chi connectivity index (χ4n) is 4.04.